The summed E-state index contributed by atoms with van der Waals surface area (Å²) < 4.78 is 0. The largest absolute Gasteiger partial charge is 0.507 e. The zero-order valence-electron chi connectivity index (χ0n) is 21.8. The van der Waals surface area contributed by atoms with Crippen LogP contribution >= 0.6 is 0 Å². The number of carbonyl (C=O) groups is 4. The number of fused-ring (bicyclic) bond motifs is 4. The van der Waals surface area contributed by atoms with E-state index in [9.17, 15) is 60.0 Å². The highest BCUT2D eigenvalue weighted by atomic mass is 16.3. The van der Waals surface area contributed by atoms with Gasteiger partial charge in [-0.25, -0.2) is 0 Å². The smallest absolute Gasteiger partial charge is 0.179 e. The van der Waals surface area contributed by atoms with E-state index in [0.29, 0.717) is 0 Å². The van der Waals surface area contributed by atoms with Gasteiger partial charge in [-0.2, -0.15) is 0 Å². The van der Waals surface area contributed by atoms with Crippen LogP contribution in [-0.2, 0) is 9.59 Å². The zero-order valence-corrected chi connectivity index (χ0v) is 21.8. The second kappa shape index (κ2) is 6.85. The number of aliphatic hydroxyl groups is 4. The molecule has 0 radical (unpaired) electrons. The van der Waals surface area contributed by atoms with Crippen LogP contribution in [0.25, 0.3) is 11.5 Å². The minimum Gasteiger partial charge on any atom is -0.507 e. The number of carbonyl (C=O) groups excluding carboxylic acids is 4. The molecule has 1 unspecified atom stereocenters. The first kappa shape index (κ1) is 25.1. The Morgan fingerprint density at radius 2 is 0.905 bits per heavy atom. The van der Waals surface area contributed by atoms with E-state index < -0.39 is 138 Å². The molecule has 4 bridgehead atoms. The van der Waals surface area contributed by atoms with Crippen LogP contribution in [0.3, 0.4) is 0 Å². The Labute approximate surface area is 235 Å². The zero-order chi connectivity index (χ0) is 30.3. The molecule has 4 fully saturated rings. The molecule has 8 atom stereocenters. The van der Waals surface area contributed by atoms with Crippen molar-refractivity contribution in [3.8, 4) is 23.0 Å². The minimum atomic E-state index is -2.48. The lowest BCUT2D eigenvalue weighted by atomic mass is 9.46. The number of ketones is 4. The highest BCUT2D eigenvalue weighted by Gasteiger charge is 2.90. The molecule has 8 N–H and O–H groups in total. The van der Waals surface area contributed by atoms with Crippen LogP contribution in [0.2, 0.25) is 0 Å². The van der Waals surface area contributed by atoms with Crippen LogP contribution in [0.5, 0.6) is 23.0 Å². The molecule has 0 aromatic heterocycles. The average molecular weight is 574 g/mol. The van der Waals surface area contributed by atoms with Crippen LogP contribution in [0, 0.1) is 48.3 Å². The van der Waals surface area contributed by atoms with Gasteiger partial charge in [0.05, 0.1) is 68.3 Å². The monoisotopic (exact) mass is 574 g/mol. The first-order valence-corrected chi connectivity index (χ1v) is 13.2. The predicted molar refractivity (Wildman–Crippen MR) is 138 cm³/mol. The van der Waals surface area contributed by atoms with Gasteiger partial charge >= 0.3 is 0 Å². The highest BCUT2D eigenvalue weighted by Crippen LogP contribution is 2.80. The van der Waals surface area contributed by atoms with Crippen LogP contribution in [0.15, 0.2) is 23.3 Å². The standard InChI is InChI=1S/C30H22O12/c1-5-3-7(31)9-11(19(5)33)27(41)29-13-14-24(38)17(29)26(40)16-22(36)10-8(32)4-6(2)20(34)12(10)28(42)30(14,16)18(23(13)37)25(39)15(29)21(9)35/h3-4,13-14,17-18,23-24,31-38H,1-2H3/t13-,14-,17+,18+,23+,24+,29+,30?/m1/s1. The van der Waals surface area contributed by atoms with Gasteiger partial charge in [0.1, 0.15) is 34.5 Å². The van der Waals surface area contributed by atoms with Crippen molar-refractivity contribution in [2.75, 3.05) is 0 Å². The van der Waals surface area contributed by atoms with Gasteiger partial charge in [-0.15, -0.1) is 0 Å². The maximum absolute atomic E-state index is 14.6. The summed E-state index contributed by atoms with van der Waals surface area (Å²) in [6.45, 7) is 2.72. The topological polar surface area (TPSA) is 230 Å². The number of allylic oxidation sites excluding steroid dienone is 2. The molecule has 12 heteroatoms. The first-order chi connectivity index (χ1) is 19.7. The van der Waals surface area contributed by atoms with E-state index in [0.717, 1.165) is 12.1 Å². The summed E-state index contributed by atoms with van der Waals surface area (Å²) in [7, 11) is 0. The number of aryl methyl sites for hydroxylation is 2. The van der Waals surface area contributed by atoms with Gasteiger partial charge in [0, 0.05) is 11.8 Å². The first-order valence-electron chi connectivity index (χ1n) is 13.2. The Hall–Kier alpha value is -4.68. The molecular weight excluding hydrogens is 552 g/mol. The van der Waals surface area contributed by atoms with Gasteiger partial charge in [0.2, 0.25) is 0 Å². The summed E-state index contributed by atoms with van der Waals surface area (Å²) in [6, 6.07) is 2.13. The molecule has 0 aliphatic heterocycles. The average Bonchev–Trinajstić information content (AvgIpc) is 3.27. The predicted octanol–water partition coefficient (Wildman–Crippen LogP) is 1.11. The van der Waals surface area contributed by atoms with Crippen molar-refractivity contribution in [1.29, 1.82) is 0 Å². The van der Waals surface area contributed by atoms with E-state index in [-0.39, 0.29) is 11.1 Å². The van der Waals surface area contributed by atoms with Crippen molar-refractivity contribution in [3.05, 3.63) is 56.7 Å². The molecule has 6 aliphatic carbocycles. The molecule has 2 spiro atoms. The normalized spacial score (nSPS) is 36.9. The van der Waals surface area contributed by atoms with Crippen LogP contribution in [-0.4, -0.2) is 76.2 Å². The van der Waals surface area contributed by atoms with Crippen LogP contribution in [0.4, 0.5) is 0 Å². The second-order valence-electron chi connectivity index (χ2n) is 12.2. The summed E-state index contributed by atoms with van der Waals surface area (Å²) in [5.74, 6) is -15.9. The number of benzene rings is 2. The van der Waals surface area contributed by atoms with E-state index in [1.807, 2.05) is 0 Å². The molecule has 8 rings (SSSR count). The third-order valence-corrected chi connectivity index (χ3v) is 10.8. The molecular formula is C30H22O12. The fraction of sp³-hybridized carbons (Fsp3) is 0.333. The molecule has 0 saturated heterocycles. The van der Waals surface area contributed by atoms with Crippen molar-refractivity contribution in [2.24, 2.45) is 34.5 Å². The van der Waals surface area contributed by atoms with Gasteiger partial charge < -0.3 is 40.9 Å². The van der Waals surface area contributed by atoms with Crippen molar-refractivity contribution in [3.63, 3.8) is 0 Å². The quantitative estimate of drug-likeness (QED) is 0.207. The van der Waals surface area contributed by atoms with E-state index >= 15 is 0 Å². The number of aromatic hydroxyl groups is 4. The highest BCUT2D eigenvalue weighted by molar-refractivity contribution is 6.31. The van der Waals surface area contributed by atoms with Gasteiger partial charge in [-0.1, -0.05) is 0 Å². The van der Waals surface area contributed by atoms with Crippen molar-refractivity contribution in [2.45, 2.75) is 26.1 Å². The van der Waals surface area contributed by atoms with Gasteiger partial charge in [-0.3, -0.25) is 19.2 Å². The van der Waals surface area contributed by atoms with E-state index in [1.54, 1.807) is 0 Å². The molecule has 214 valence electrons. The molecule has 12 nitrogen and oxygen atoms in total. The Morgan fingerprint density at radius 3 is 1.24 bits per heavy atom. The second-order valence-corrected chi connectivity index (χ2v) is 12.2. The van der Waals surface area contributed by atoms with E-state index in [1.165, 1.54) is 13.8 Å². The van der Waals surface area contributed by atoms with E-state index in [4.69, 9.17) is 0 Å². The maximum atomic E-state index is 14.6. The molecule has 4 saturated carbocycles. The van der Waals surface area contributed by atoms with E-state index in [2.05, 4.69) is 0 Å². The summed E-state index contributed by atoms with van der Waals surface area (Å²) in [4.78, 5) is 58.1. The van der Waals surface area contributed by atoms with Gasteiger partial charge in [-0.05, 0) is 37.1 Å². The van der Waals surface area contributed by atoms with Gasteiger partial charge in [0.15, 0.2) is 23.1 Å². The third kappa shape index (κ3) is 2.03. The lowest BCUT2D eigenvalue weighted by Crippen LogP contribution is -2.65. The number of hydrogen-bond acceptors (Lipinski definition) is 12. The number of aliphatic hydroxyl groups excluding tert-OH is 4. The molecule has 2 aromatic carbocycles. The molecule has 0 amide bonds. The Balaban J connectivity index is 1.56. The number of hydrogen-bond donors (Lipinski definition) is 8. The van der Waals surface area contributed by atoms with Crippen molar-refractivity contribution < 1.29 is 60.0 Å². The van der Waals surface area contributed by atoms with Crippen molar-refractivity contribution >= 4 is 34.7 Å². The van der Waals surface area contributed by atoms with Crippen LogP contribution < -0.4 is 0 Å². The summed E-state index contributed by atoms with van der Waals surface area (Å²) >= 11 is 0. The Kier molecular flexibility index (Phi) is 4.09. The Bertz CT molecular complexity index is 1780. The maximum Gasteiger partial charge on any atom is 0.179 e. The summed E-state index contributed by atoms with van der Waals surface area (Å²) in [6.07, 6.45) is -3.71. The minimum absolute atomic E-state index is 0.0181. The molecule has 2 aromatic rings. The van der Waals surface area contributed by atoms with Crippen LogP contribution in [0.1, 0.15) is 43.0 Å². The number of phenols is 4. The lowest BCUT2D eigenvalue weighted by molar-refractivity contribution is -0.142. The number of rotatable bonds is 0. The fourth-order valence-electron chi connectivity index (χ4n) is 9.59. The van der Waals surface area contributed by atoms with Crippen molar-refractivity contribution in [1.82, 2.24) is 0 Å². The SMILES string of the molecule is Cc1cc(O)c2c(c1O)C(=O)C13C(=C2O)C(=O)[C@@H]2[C@@H](O)[C@H]1[C@@H]1[C@H](O)[C@H]3C(=O)C3=C(O)c4c(O)cc(C)c(O)c4C(=O)[C@]312. The molecule has 0 heterocycles. The lowest BCUT2D eigenvalue weighted by Gasteiger charge is -2.53. The van der Waals surface area contributed by atoms with Gasteiger partial charge in [0.25, 0.3) is 0 Å². The number of phenolic OH excluding ortho intramolecular Hbond substituents is 4. The molecule has 6 aliphatic rings. The summed E-state index contributed by atoms with van der Waals surface area (Å²) in [5, 5.41) is 89.8. The number of Topliss-reactive ketones (excluding diaryl/α,β-unsaturated/α-hetero) is 4. The fourth-order valence-corrected chi connectivity index (χ4v) is 9.59. The summed E-state index contributed by atoms with van der Waals surface area (Å²) in [5.41, 5.74) is -8.66. The molecule has 42 heavy (non-hydrogen) atoms. The Morgan fingerprint density at radius 1 is 0.571 bits per heavy atom. The third-order valence-electron chi connectivity index (χ3n) is 10.8.